The van der Waals surface area contributed by atoms with Crippen molar-refractivity contribution in [2.24, 2.45) is 0 Å². The van der Waals surface area contributed by atoms with E-state index in [4.69, 9.17) is 11.6 Å². The molecule has 0 N–H and O–H groups in total. The number of rotatable bonds is 3. The molecule has 0 fully saturated rings. The van der Waals surface area contributed by atoms with Crippen molar-refractivity contribution in [1.29, 1.82) is 0 Å². The summed E-state index contributed by atoms with van der Waals surface area (Å²) in [5.41, 5.74) is 3.68. The van der Waals surface area contributed by atoms with Crippen molar-refractivity contribution in [2.45, 2.75) is 6.92 Å². The molecule has 0 nitrogen and oxygen atoms in total. The number of hydrogen-bond donors (Lipinski definition) is 0. The van der Waals surface area contributed by atoms with E-state index in [0.29, 0.717) is 0 Å². The third-order valence-electron chi connectivity index (χ3n) is 2.73. The molecule has 18 heavy (non-hydrogen) atoms. The lowest BCUT2D eigenvalue weighted by Gasteiger charge is -1.97. The zero-order valence-corrected chi connectivity index (χ0v) is 11.1. The second kappa shape index (κ2) is 6.23. The largest absolute Gasteiger partial charge is 0.0843 e. The highest BCUT2D eigenvalue weighted by Crippen LogP contribution is 2.11. The van der Waals surface area contributed by atoms with Crippen LogP contribution in [0.25, 0.3) is 12.2 Å². The zero-order valence-electron chi connectivity index (χ0n) is 10.3. The minimum atomic E-state index is 0.766. The Labute approximate surface area is 113 Å². The van der Waals surface area contributed by atoms with Crippen molar-refractivity contribution in [3.63, 3.8) is 0 Å². The Morgan fingerprint density at radius 1 is 0.833 bits per heavy atom. The van der Waals surface area contributed by atoms with E-state index in [-0.39, 0.29) is 0 Å². The molecular formula is C17H15Cl. The van der Waals surface area contributed by atoms with Gasteiger partial charge >= 0.3 is 0 Å². The molecule has 1 heteroatoms. The molecule has 0 saturated heterocycles. The summed E-state index contributed by atoms with van der Waals surface area (Å²) in [5.74, 6) is 0. The van der Waals surface area contributed by atoms with E-state index in [2.05, 4.69) is 49.4 Å². The topological polar surface area (TPSA) is 0 Å². The minimum absolute atomic E-state index is 0.766. The summed E-state index contributed by atoms with van der Waals surface area (Å²) in [6.07, 6.45) is 8.26. The normalized spacial score (nSPS) is 11.4. The third-order valence-corrected chi connectivity index (χ3v) is 2.99. The first-order chi connectivity index (χ1) is 8.75. The van der Waals surface area contributed by atoms with E-state index >= 15 is 0 Å². The minimum Gasteiger partial charge on any atom is -0.0843 e. The molecule has 0 bridgehead atoms. The van der Waals surface area contributed by atoms with Gasteiger partial charge in [0.1, 0.15) is 0 Å². The third kappa shape index (κ3) is 3.61. The predicted molar refractivity (Wildman–Crippen MR) is 80.7 cm³/mol. The van der Waals surface area contributed by atoms with Gasteiger partial charge in [0.2, 0.25) is 0 Å². The van der Waals surface area contributed by atoms with Crippen LogP contribution in [0.4, 0.5) is 0 Å². The Bertz CT molecular complexity index is 562. The molecule has 0 aliphatic heterocycles. The fraction of sp³-hybridized carbons (Fsp3) is 0.0588. The van der Waals surface area contributed by atoms with Crippen molar-refractivity contribution >= 4 is 23.8 Å². The quantitative estimate of drug-likeness (QED) is 0.646. The molecule has 0 radical (unpaired) electrons. The van der Waals surface area contributed by atoms with Crippen LogP contribution in [0, 0.1) is 6.92 Å². The van der Waals surface area contributed by atoms with Crippen LogP contribution in [0.15, 0.2) is 60.7 Å². The highest BCUT2D eigenvalue weighted by molar-refractivity contribution is 6.30. The second-order valence-electron chi connectivity index (χ2n) is 4.13. The monoisotopic (exact) mass is 254 g/mol. The molecule has 0 heterocycles. The van der Waals surface area contributed by atoms with Gasteiger partial charge in [-0.15, -0.1) is 0 Å². The molecule has 0 amide bonds. The van der Waals surface area contributed by atoms with Crippen LogP contribution >= 0.6 is 11.6 Å². The van der Waals surface area contributed by atoms with E-state index in [1.54, 1.807) is 0 Å². The van der Waals surface area contributed by atoms with E-state index in [9.17, 15) is 0 Å². The molecule has 2 aromatic rings. The Kier molecular flexibility index (Phi) is 4.38. The van der Waals surface area contributed by atoms with Gasteiger partial charge in [-0.2, -0.15) is 0 Å². The van der Waals surface area contributed by atoms with Crippen LogP contribution in [0.3, 0.4) is 0 Å². The van der Waals surface area contributed by atoms with Crippen LogP contribution in [-0.2, 0) is 0 Å². The average molecular weight is 255 g/mol. The van der Waals surface area contributed by atoms with Crippen LogP contribution in [-0.4, -0.2) is 0 Å². The molecule has 0 atom stereocenters. The molecule has 0 aliphatic rings. The van der Waals surface area contributed by atoms with Crippen LogP contribution < -0.4 is 0 Å². The Hall–Kier alpha value is -1.79. The number of benzene rings is 2. The van der Waals surface area contributed by atoms with E-state index in [0.717, 1.165) is 10.6 Å². The van der Waals surface area contributed by atoms with Crippen molar-refractivity contribution in [3.05, 3.63) is 82.4 Å². The summed E-state index contributed by atoms with van der Waals surface area (Å²) in [4.78, 5) is 0. The van der Waals surface area contributed by atoms with Gasteiger partial charge < -0.3 is 0 Å². The van der Waals surface area contributed by atoms with Crippen LogP contribution in [0.1, 0.15) is 16.7 Å². The van der Waals surface area contributed by atoms with Gasteiger partial charge in [-0.1, -0.05) is 72.3 Å². The van der Waals surface area contributed by atoms with E-state index in [1.165, 1.54) is 11.1 Å². The number of halogens is 1. The molecule has 0 aromatic heterocycles. The zero-order chi connectivity index (χ0) is 12.8. The molecule has 2 rings (SSSR count). The second-order valence-corrected chi connectivity index (χ2v) is 4.56. The van der Waals surface area contributed by atoms with Crippen LogP contribution in [0.2, 0.25) is 5.02 Å². The lowest BCUT2D eigenvalue weighted by Crippen LogP contribution is -1.76. The molecule has 2 aromatic carbocycles. The summed E-state index contributed by atoms with van der Waals surface area (Å²) < 4.78 is 0. The summed E-state index contributed by atoms with van der Waals surface area (Å²) >= 11 is 5.83. The van der Waals surface area contributed by atoms with Gasteiger partial charge in [0.15, 0.2) is 0 Å². The summed E-state index contributed by atoms with van der Waals surface area (Å²) in [6, 6.07) is 16.1. The fourth-order valence-electron chi connectivity index (χ4n) is 1.67. The van der Waals surface area contributed by atoms with Crippen molar-refractivity contribution in [1.82, 2.24) is 0 Å². The Morgan fingerprint density at radius 3 is 2.22 bits per heavy atom. The maximum atomic E-state index is 5.83. The van der Waals surface area contributed by atoms with Crippen molar-refractivity contribution in [3.8, 4) is 0 Å². The highest BCUT2D eigenvalue weighted by atomic mass is 35.5. The van der Waals surface area contributed by atoms with E-state index in [1.807, 2.05) is 30.3 Å². The number of aryl methyl sites for hydroxylation is 1. The van der Waals surface area contributed by atoms with Crippen molar-refractivity contribution in [2.75, 3.05) is 0 Å². The lowest BCUT2D eigenvalue weighted by molar-refractivity contribution is 1.44. The molecular weight excluding hydrogens is 240 g/mol. The first-order valence-corrected chi connectivity index (χ1v) is 6.29. The number of allylic oxidation sites excluding steroid dienone is 2. The van der Waals surface area contributed by atoms with Gasteiger partial charge in [-0.05, 0) is 35.7 Å². The number of hydrogen-bond acceptors (Lipinski definition) is 0. The van der Waals surface area contributed by atoms with Crippen LogP contribution in [0.5, 0.6) is 0 Å². The highest BCUT2D eigenvalue weighted by Gasteiger charge is 1.89. The molecule has 0 aliphatic carbocycles. The molecule has 0 spiro atoms. The maximum Gasteiger partial charge on any atom is 0.0406 e. The van der Waals surface area contributed by atoms with Gasteiger partial charge in [-0.25, -0.2) is 0 Å². The van der Waals surface area contributed by atoms with Gasteiger partial charge in [0.05, 0.1) is 0 Å². The maximum absolute atomic E-state index is 5.83. The predicted octanol–water partition coefficient (Wildman–Crippen LogP) is 5.38. The lowest BCUT2D eigenvalue weighted by atomic mass is 10.1. The molecule has 0 saturated carbocycles. The summed E-state index contributed by atoms with van der Waals surface area (Å²) in [7, 11) is 0. The Balaban J connectivity index is 2.03. The average Bonchev–Trinajstić information content (AvgIpc) is 2.39. The summed E-state index contributed by atoms with van der Waals surface area (Å²) in [6.45, 7) is 2.11. The standard InChI is InChI=1S/C17H15Cl/c1-14-6-2-4-8-16(14)9-5-3-7-15-10-12-17(18)13-11-15/h2-13H,1H3/b7-3+,9-5+. The first kappa shape index (κ1) is 12.7. The first-order valence-electron chi connectivity index (χ1n) is 5.92. The van der Waals surface area contributed by atoms with Gasteiger partial charge in [0.25, 0.3) is 0 Å². The summed E-state index contributed by atoms with van der Waals surface area (Å²) in [5, 5.41) is 0.766. The molecule has 90 valence electrons. The van der Waals surface area contributed by atoms with Crippen molar-refractivity contribution < 1.29 is 0 Å². The smallest absolute Gasteiger partial charge is 0.0406 e. The molecule has 0 unspecified atom stereocenters. The van der Waals surface area contributed by atoms with Gasteiger partial charge in [-0.3, -0.25) is 0 Å². The SMILES string of the molecule is Cc1ccccc1/C=C/C=C/c1ccc(Cl)cc1. The van der Waals surface area contributed by atoms with E-state index < -0.39 is 0 Å². The van der Waals surface area contributed by atoms with Gasteiger partial charge in [0, 0.05) is 5.02 Å². The Morgan fingerprint density at radius 2 is 1.50 bits per heavy atom. The fourth-order valence-corrected chi connectivity index (χ4v) is 1.80.